The molecule has 0 radical (unpaired) electrons. The molecule has 1 aromatic rings. The predicted octanol–water partition coefficient (Wildman–Crippen LogP) is 1.67. The van der Waals surface area contributed by atoms with E-state index in [0.717, 1.165) is 12.0 Å². The number of amides is 1. The van der Waals surface area contributed by atoms with E-state index < -0.39 is 12.0 Å². The van der Waals surface area contributed by atoms with Gasteiger partial charge < -0.3 is 14.8 Å². The van der Waals surface area contributed by atoms with Crippen molar-refractivity contribution in [3.8, 4) is 0 Å². The molecule has 0 unspecified atom stereocenters. The van der Waals surface area contributed by atoms with E-state index in [2.05, 4.69) is 13.8 Å². The molecular weight excluding hydrogens is 286 g/mol. The summed E-state index contributed by atoms with van der Waals surface area (Å²) in [5, 5.41) is 11.2. The lowest BCUT2D eigenvalue weighted by atomic mass is 10.0. The minimum atomic E-state index is -1.17. The number of aryl methyl sites for hydroxylation is 1. The van der Waals surface area contributed by atoms with Crippen molar-refractivity contribution >= 4 is 23.6 Å². The number of aliphatic carboxylic acids is 1. The maximum Gasteiger partial charge on any atom is 0.255 e. The summed E-state index contributed by atoms with van der Waals surface area (Å²) < 4.78 is 0. The van der Waals surface area contributed by atoms with Crippen molar-refractivity contribution in [3.05, 3.63) is 35.4 Å². The Bertz CT molecular complexity index is 544. The molecule has 2 atom stereocenters. The maximum absolute atomic E-state index is 12.8. The summed E-state index contributed by atoms with van der Waals surface area (Å²) in [7, 11) is 0. The number of hydrogen-bond acceptors (Lipinski definition) is 4. The summed E-state index contributed by atoms with van der Waals surface area (Å²) in [6.07, 6.45) is 0.784. The molecule has 0 bridgehead atoms. The molecule has 1 heterocycles. The lowest BCUT2D eigenvalue weighted by molar-refractivity contribution is -0.310. The number of nitrogens with zero attached hydrogens (tertiary/aromatic N) is 1. The number of hydrogen-bond donors (Lipinski definition) is 0. The van der Waals surface area contributed by atoms with Crippen LogP contribution in [0.25, 0.3) is 0 Å². The highest BCUT2D eigenvalue weighted by atomic mass is 32.2. The van der Waals surface area contributed by atoms with Gasteiger partial charge in [0.05, 0.1) is 17.4 Å². The number of carboxylic acids is 1. The Labute approximate surface area is 129 Å². The molecule has 1 aliphatic heterocycles. The van der Waals surface area contributed by atoms with Gasteiger partial charge >= 0.3 is 0 Å². The molecule has 1 amide bonds. The zero-order valence-electron chi connectivity index (χ0n) is 12.5. The zero-order valence-corrected chi connectivity index (χ0v) is 13.4. The molecular formula is C16H20NO3S-. The smallest absolute Gasteiger partial charge is 0.255 e. The fourth-order valence-corrected chi connectivity index (χ4v) is 4.18. The lowest BCUT2D eigenvalue weighted by Gasteiger charge is -2.31. The van der Waals surface area contributed by atoms with Crippen molar-refractivity contribution in [1.29, 1.82) is 0 Å². The van der Waals surface area contributed by atoms with Gasteiger partial charge in [0, 0.05) is 11.3 Å². The number of rotatable bonds is 4. The quantitative estimate of drug-likeness (QED) is 0.849. The normalized spacial score (nSPS) is 21.8. The first-order chi connectivity index (χ1) is 9.91. The van der Waals surface area contributed by atoms with Gasteiger partial charge in [-0.25, -0.2) is 0 Å². The van der Waals surface area contributed by atoms with Gasteiger partial charge in [-0.3, -0.25) is 4.79 Å². The van der Waals surface area contributed by atoms with Crippen molar-refractivity contribution < 1.29 is 14.7 Å². The molecule has 0 spiro atoms. The fraction of sp³-hybridized carbons (Fsp3) is 0.500. The van der Waals surface area contributed by atoms with Crippen LogP contribution in [0.5, 0.6) is 0 Å². The number of thioether (sulfide) groups is 1. The minimum absolute atomic E-state index is 0.0972. The highest BCUT2D eigenvalue weighted by molar-refractivity contribution is 8.00. The van der Waals surface area contributed by atoms with Gasteiger partial charge in [-0.05, 0) is 30.9 Å². The summed E-state index contributed by atoms with van der Waals surface area (Å²) in [6.45, 7) is 6.01. The highest BCUT2D eigenvalue weighted by Crippen LogP contribution is 2.34. The first-order valence-electron chi connectivity index (χ1n) is 7.12. The molecule has 0 saturated carbocycles. The summed E-state index contributed by atoms with van der Waals surface area (Å²) in [5.41, 5.74) is 1.43. The van der Waals surface area contributed by atoms with Crippen LogP contribution in [-0.2, 0) is 4.79 Å². The van der Waals surface area contributed by atoms with E-state index in [0.29, 0.717) is 17.2 Å². The molecule has 1 saturated heterocycles. The average molecular weight is 306 g/mol. The Hall–Kier alpha value is -1.49. The standard InChI is InChI=1S/C16H21NO3S/c1-10(2)8-14-17(13(9-21-14)16(19)20)15(18)12-7-5-4-6-11(12)3/h4-7,10,13-14H,8-9H2,1-3H3,(H,19,20)/p-1/t13-,14-/m0/s1. The Kier molecular flexibility index (Phi) is 4.93. The van der Waals surface area contributed by atoms with Crippen molar-refractivity contribution in [2.24, 2.45) is 5.92 Å². The van der Waals surface area contributed by atoms with E-state index in [1.807, 2.05) is 19.1 Å². The van der Waals surface area contributed by atoms with E-state index in [9.17, 15) is 14.7 Å². The third-order valence-corrected chi connectivity index (χ3v) is 4.96. The number of carbonyl (C=O) groups is 2. The second kappa shape index (κ2) is 6.52. The molecule has 114 valence electrons. The van der Waals surface area contributed by atoms with Crippen molar-refractivity contribution in [2.45, 2.75) is 38.6 Å². The van der Waals surface area contributed by atoms with Crippen LogP contribution in [0.15, 0.2) is 24.3 Å². The van der Waals surface area contributed by atoms with E-state index >= 15 is 0 Å². The third kappa shape index (κ3) is 3.40. The molecule has 1 fully saturated rings. The van der Waals surface area contributed by atoms with E-state index in [1.54, 1.807) is 12.1 Å². The molecule has 4 nitrogen and oxygen atoms in total. The van der Waals surface area contributed by atoms with Crippen LogP contribution in [0.2, 0.25) is 0 Å². The monoisotopic (exact) mass is 306 g/mol. The SMILES string of the molecule is Cc1ccccc1C(=O)N1[C@H](CC(C)C)SC[C@H]1C(=O)[O-]. The molecule has 5 heteroatoms. The zero-order chi connectivity index (χ0) is 15.6. The van der Waals surface area contributed by atoms with Gasteiger partial charge in [0.15, 0.2) is 0 Å². The molecule has 1 aliphatic rings. The Morgan fingerprint density at radius 3 is 2.62 bits per heavy atom. The Morgan fingerprint density at radius 2 is 2.05 bits per heavy atom. The topological polar surface area (TPSA) is 60.4 Å². The van der Waals surface area contributed by atoms with E-state index in [-0.39, 0.29) is 11.3 Å². The highest BCUT2D eigenvalue weighted by Gasteiger charge is 2.39. The van der Waals surface area contributed by atoms with Gasteiger partial charge in [0.2, 0.25) is 0 Å². The van der Waals surface area contributed by atoms with Gasteiger partial charge in [-0.2, -0.15) is 0 Å². The number of benzene rings is 1. The maximum atomic E-state index is 12.8. The van der Waals surface area contributed by atoms with Crippen LogP contribution < -0.4 is 5.11 Å². The lowest BCUT2D eigenvalue weighted by Crippen LogP contribution is -2.51. The van der Waals surface area contributed by atoms with Crippen LogP contribution >= 0.6 is 11.8 Å². The van der Waals surface area contributed by atoms with Crippen LogP contribution in [0.3, 0.4) is 0 Å². The van der Waals surface area contributed by atoms with Crippen LogP contribution in [-0.4, -0.2) is 33.9 Å². The molecule has 1 aromatic carbocycles. The molecule has 0 aromatic heterocycles. The van der Waals surface area contributed by atoms with Gasteiger partial charge in [0.25, 0.3) is 5.91 Å². The van der Waals surface area contributed by atoms with Crippen LogP contribution in [0, 0.1) is 12.8 Å². The van der Waals surface area contributed by atoms with Gasteiger partial charge in [0.1, 0.15) is 0 Å². The first-order valence-corrected chi connectivity index (χ1v) is 8.17. The van der Waals surface area contributed by atoms with E-state index in [4.69, 9.17) is 0 Å². The third-order valence-electron chi connectivity index (χ3n) is 3.65. The largest absolute Gasteiger partial charge is 0.548 e. The summed E-state index contributed by atoms with van der Waals surface area (Å²) in [5.74, 6) is -0.582. The number of carbonyl (C=O) groups excluding carboxylic acids is 2. The Morgan fingerprint density at radius 1 is 1.38 bits per heavy atom. The average Bonchev–Trinajstić information content (AvgIpc) is 2.81. The second-order valence-electron chi connectivity index (χ2n) is 5.78. The van der Waals surface area contributed by atoms with Gasteiger partial charge in [-0.15, -0.1) is 11.8 Å². The summed E-state index contributed by atoms with van der Waals surface area (Å²) >= 11 is 1.53. The van der Waals surface area contributed by atoms with Crippen LogP contribution in [0.4, 0.5) is 0 Å². The summed E-state index contributed by atoms with van der Waals surface area (Å²) in [6, 6.07) is 6.44. The van der Waals surface area contributed by atoms with Crippen molar-refractivity contribution in [2.75, 3.05) is 5.75 Å². The molecule has 0 aliphatic carbocycles. The van der Waals surface area contributed by atoms with Gasteiger partial charge in [-0.1, -0.05) is 32.0 Å². The van der Waals surface area contributed by atoms with Crippen LogP contribution in [0.1, 0.15) is 36.2 Å². The molecule has 0 N–H and O–H groups in total. The Balaban J connectivity index is 2.32. The first kappa shape index (κ1) is 15.9. The molecule has 2 rings (SSSR count). The molecule has 21 heavy (non-hydrogen) atoms. The van der Waals surface area contributed by atoms with Crippen molar-refractivity contribution in [1.82, 2.24) is 4.90 Å². The minimum Gasteiger partial charge on any atom is -0.548 e. The predicted molar refractivity (Wildman–Crippen MR) is 81.8 cm³/mol. The fourth-order valence-electron chi connectivity index (χ4n) is 2.55. The summed E-state index contributed by atoms with van der Waals surface area (Å²) in [4.78, 5) is 25.6. The van der Waals surface area contributed by atoms with E-state index in [1.165, 1.54) is 16.7 Å². The number of carboxylic acid groups (broad SMARTS) is 1. The van der Waals surface area contributed by atoms with Crippen molar-refractivity contribution in [3.63, 3.8) is 0 Å². The second-order valence-corrected chi connectivity index (χ2v) is 6.99.